The number of benzene rings is 1. The summed E-state index contributed by atoms with van der Waals surface area (Å²) < 4.78 is 2.37. The van der Waals surface area contributed by atoms with E-state index < -0.39 is 17.2 Å². The summed E-state index contributed by atoms with van der Waals surface area (Å²) in [5.74, 6) is -0.413. The van der Waals surface area contributed by atoms with E-state index in [1.165, 1.54) is 22.1 Å². The maximum atomic E-state index is 13.1. The lowest BCUT2D eigenvalue weighted by atomic mass is 10.2. The van der Waals surface area contributed by atoms with Gasteiger partial charge in [0.1, 0.15) is 6.54 Å². The van der Waals surface area contributed by atoms with Gasteiger partial charge in [-0.25, -0.2) is 9.78 Å². The number of aryl methyl sites for hydroxylation is 1. The quantitative estimate of drug-likeness (QED) is 0.516. The monoisotopic (exact) mass is 440 g/mol. The number of fused-ring (bicyclic) bond motifs is 1. The molecule has 30 heavy (non-hydrogen) atoms. The van der Waals surface area contributed by atoms with Gasteiger partial charge < -0.3 is 5.32 Å². The minimum absolute atomic E-state index is 0.122. The summed E-state index contributed by atoms with van der Waals surface area (Å²) in [5.41, 5.74) is 0.824. The van der Waals surface area contributed by atoms with Crippen molar-refractivity contribution in [3.8, 4) is 0 Å². The second kappa shape index (κ2) is 8.25. The zero-order valence-corrected chi connectivity index (χ0v) is 17.5. The van der Waals surface area contributed by atoms with Gasteiger partial charge in [-0.15, -0.1) is 11.3 Å². The molecule has 1 N–H and O–H groups in total. The molecule has 0 fully saturated rings. The second-order valence-corrected chi connectivity index (χ2v) is 8.16. The summed E-state index contributed by atoms with van der Waals surface area (Å²) in [6.45, 7) is 1.72. The molecule has 0 saturated heterocycles. The Kier molecular flexibility index (Phi) is 5.52. The molecule has 1 amide bonds. The van der Waals surface area contributed by atoms with E-state index in [9.17, 15) is 14.4 Å². The maximum absolute atomic E-state index is 13.1. The van der Waals surface area contributed by atoms with Gasteiger partial charge in [-0.2, -0.15) is 0 Å². The zero-order chi connectivity index (χ0) is 21.3. The average Bonchev–Trinajstić information content (AvgIpc) is 3.24. The Morgan fingerprint density at radius 2 is 2.00 bits per heavy atom. The molecule has 4 aromatic rings. The van der Waals surface area contributed by atoms with Gasteiger partial charge in [0, 0.05) is 21.8 Å². The summed E-state index contributed by atoms with van der Waals surface area (Å²) in [6, 6.07) is 12.1. The number of thiophene rings is 1. The molecule has 0 aliphatic heterocycles. The summed E-state index contributed by atoms with van der Waals surface area (Å²) in [4.78, 5) is 43.6. The highest BCUT2D eigenvalue weighted by Crippen LogP contribution is 2.20. The van der Waals surface area contributed by atoms with E-state index in [2.05, 4.69) is 10.3 Å². The van der Waals surface area contributed by atoms with Crippen LogP contribution in [0.2, 0.25) is 5.02 Å². The number of nitrogens with zero attached hydrogens (tertiary/aromatic N) is 3. The Labute approximate surface area is 180 Å². The number of aromatic nitrogens is 3. The van der Waals surface area contributed by atoms with Crippen LogP contribution >= 0.6 is 22.9 Å². The predicted molar refractivity (Wildman–Crippen MR) is 119 cm³/mol. The van der Waals surface area contributed by atoms with E-state index >= 15 is 0 Å². The maximum Gasteiger partial charge on any atom is 0.332 e. The first kappa shape index (κ1) is 20.1. The highest BCUT2D eigenvalue weighted by molar-refractivity contribution is 7.09. The Hall–Kier alpha value is -3.23. The molecule has 152 valence electrons. The van der Waals surface area contributed by atoms with Crippen LogP contribution in [0.15, 0.2) is 63.6 Å². The molecule has 0 saturated carbocycles. The molecule has 3 heterocycles. The Morgan fingerprint density at radius 1 is 1.17 bits per heavy atom. The largest absolute Gasteiger partial charge is 0.332 e. The summed E-state index contributed by atoms with van der Waals surface area (Å²) in [6.07, 6.45) is 1.49. The van der Waals surface area contributed by atoms with Crippen LogP contribution < -0.4 is 16.6 Å². The third kappa shape index (κ3) is 3.92. The molecule has 0 aliphatic carbocycles. The van der Waals surface area contributed by atoms with Gasteiger partial charge in [-0.3, -0.25) is 18.7 Å². The molecule has 1 aromatic carbocycles. The topological polar surface area (TPSA) is 86.0 Å². The van der Waals surface area contributed by atoms with Crippen molar-refractivity contribution in [2.75, 3.05) is 5.32 Å². The zero-order valence-electron chi connectivity index (χ0n) is 16.0. The van der Waals surface area contributed by atoms with Crippen molar-refractivity contribution < 1.29 is 4.79 Å². The Bertz CT molecular complexity index is 1360. The number of anilines is 1. The van der Waals surface area contributed by atoms with Gasteiger partial charge in [0.05, 0.1) is 12.1 Å². The average molecular weight is 441 g/mol. The van der Waals surface area contributed by atoms with Crippen LogP contribution in [0.25, 0.3) is 11.0 Å². The number of hydrogen-bond acceptors (Lipinski definition) is 5. The van der Waals surface area contributed by atoms with E-state index in [1.807, 2.05) is 24.4 Å². The predicted octanol–water partition coefficient (Wildman–Crippen LogP) is 3.27. The molecule has 0 aliphatic rings. The second-order valence-electron chi connectivity index (χ2n) is 6.72. The van der Waals surface area contributed by atoms with Gasteiger partial charge >= 0.3 is 5.69 Å². The van der Waals surface area contributed by atoms with E-state index in [-0.39, 0.29) is 18.6 Å². The van der Waals surface area contributed by atoms with E-state index in [1.54, 1.807) is 30.3 Å². The summed E-state index contributed by atoms with van der Waals surface area (Å²) in [7, 11) is 0. The molecule has 0 bridgehead atoms. The molecule has 3 aromatic heterocycles. The van der Waals surface area contributed by atoms with E-state index in [0.717, 1.165) is 15.0 Å². The number of carbonyl (C=O) groups is 1. The molecule has 0 atom stereocenters. The highest BCUT2D eigenvalue weighted by Gasteiger charge is 2.17. The first-order valence-electron chi connectivity index (χ1n) is 9.11. The van der Waals surface area contributed by atoms with Crippen LogP contribution in [0.1, 0.15) is 10.4 Å². The van der Waals surface area contributed by atoms with Gasteiger partial charge in [0.15, 0.2) is 5.52 Å². The van der Waals surface area contributed by atoms with Crippen molar-refractivity contribution in [2.24, 2.45) is 0 Å². The van der Waals surface area contributed by atoms with Gasteiger partial charge in [-0.05, 0) is 48.2 Å². The molecular formula is C21H17ClN4O3S. The number of nitrogens with one attached hydrogen (secondary N) is 1. The smallest absolute Gasteiger partial charge is 0.324 e. The number of amides is 1. The standard InChI is InChI=1S/C21H17ClN4O3S/c1-13-6-7-14(10-16(13)22)24-18(27)12-25-17-5-2-8-23-19(17)20(28)26(21(25)29)11-15-4-3-9-30-15/h2-10H,11-12H2,1H3,(H,24,27). The minimum Gasteiger partial charge on any atom is -0.324 e. The van der Waals surface area contributed by atoms with Crippen LogP contribution in [0.5, 0.6) is 0 Å². The third-order valence-electron chi connectivity index (χ3n) is 4.64. The third-order valence-corrected chi connectivity index (χ3v) is 5.91. The van der Waals surface area contributed by atoms with Crippen molar-refractivity contribution in [2.45, 2.75) is 20.0 Å². The fourth-order valence-electron chi connectivity index (χ4n) is 3.11. The Morgan fingerprint density at radius 3 is 2.73 bits per heavy atom. The summed E-state index contributed by atoms with van der Waals surface area (Å²) >= 11 is 7.56. The SMILES string of the molecule is Cc1ccc(NC(=O)Cn2c(=O)n(Cc3cccs3)c(=O)c3ncccc32)cc1Cl. The molecule has 7 nitrogen and oxygen atoms in total. The molecular weight excluding hydrogens is 424 g/mol. The lowest BCUT2D eigenvalue weighted by Crippen LogP contribution is -2.42. The number of halogens is 1. The van der Waals surface area contributed by atoms with E-state index in [4.69, 9.17) is 11.6 Å². The molecule has 4 rings (SSSR count). The number of carbonyl (C=O) groups excluding carboxylic acids is 1. The number of hydrogen-bond donors (Lipinski definition) is 1. The first-order valence-corrected chi connectivity index (χ1v) is 10.4. The minimum atomic E-state index is -0.564. The van der Waals surface area contributed by atoms with Gasteiger partial charge in [0.2, 0.25) is 5.91 Å². The molecule has 0 unspecified atom stereocenters. The highest BCUT2D eigenvalue weighted by atomic mass is 35.5. The van der Waals surface area contributed by atoms with Crippen molar-refractivity contribution in [3.63, 3.8) is 0 Å². The lowest BCUT2D eigenvalue weighted by molar-refractivity contribution is -0.116. The van der Waals surface area contributed by atoms with Crippen LogP contribution in [0.3, 0.4) is 0 Å². The van der Waals surface area contributed by atoms with Crippen LogP contribution in [-0.2, 0) is 17.9 Å². The van der Waals surface area contributed by atoms with Crippen LogP contribution in [0, 0.1) is 6.92 Å². The summed E-state index contributed by atoms with van der Waals surface area (Å²) in [5, 5.41) is 5.15. The van der Waals surface area contributed by atoms with E-state index in [0.29, 0.717) is 16.2 Å². The first-order chi connectivity index (χ1) is 14.4. The van der Waals surface area contributed by atoms with Gasteiger partial charge in [-0.1, -0.05) is 23.7 Å². The van der Waals surface area contributed by atoms with Crippen molar-refractivity contribution in [1.29, 1.82) is 0 Å². The number of pyridine rings is 1. The fraction of sp³-hybridized carbons (Fsp3) is 0.143. The molecule has 0 radical (unpaired) electrons. The van der Waals surface area contributed by atoms with Gasteiger partial charge in [0.25, 0.3) is 5.56 Å². The van der Waals surface area contributed by atoms with Crippen molar-refractivity contribution in [3.05, 3.63) is 90.3 Å². The fourth-order valence-corrected chi connectivity index (χ4v) is 3.98. The lowest BCUT2D eigenvalue weighted by Gasteiger charge is -2.13. The van der Waals surface area contributed by atoms with Crippen molar-refractivity contribution in [1.82, 2.24) is 14.1 Å². The Balaban J connectivity index is 1.73. The normalized spacial score (nSPS) is 11.0. The molecule has 9 heteroatoms. The van der Waals surface area contributed by atoms with Crippen molar-refractivity contribution >= 4 is 45.6 Å². The van der Waals surface area contributed by atoms with Crippen LogP contribution in [-0.4, -0.2) is 20.0 Å². The molecule has 0 spiro atoms. The van der Waals surface area contributed by atoms with Crippen LogP contribution in [0.4, 0.5) is 5.69 Å². The number of rotatable bonds is 5.